The molecule has 5 rings (SSSR count). The zero-order valence-electron chi connectivity index (χ0n) is 21.8. The molecule has 3 heteroatoms. The summed E-state index contributed by atoms with van der Waals surface area (Å²) in [7, 11) is 0. The van der Waals surface area contributed by atoms with Gasteiger partial charge in [-0.3, -0.25) is 4.79 Å². The van der Waals surface area contributed by atoms with Crippen molar-refractivity contribution in [3.8, 4) is 0 Å². The van der Waals surface area contributed by atoms with E-state index in [0.717, 1.165) is 31.3 Å². The summed E-state index contributed by atoms with van der Waals surface area (Å²) < 4.78 is 0. The Morgan fingerprint density at radius 3 is 2.32 bits per heavy atom. The minimum Gasteiger partial charge on any atom is -0.393 e. The molecule has 0 aromatic carbocycles. The zero-order chi connectivity index (χ0) is 24.9. The van der Waals surface area contributed by atoms with Crippen LogP contribution in [0.5, 0.6) is 0 Å². The number of carbonyl (C=O) groups is 1. The highest BCUT2D eigenvalue weighted by Gasteiger charge is 2.61. The molecule has 5 aliphatic carbocycles. The zero-order valence-corrected chi connectivity index (χ0v) is 22.6. The summed E-state index contributed by atoms with van der Waals surface area (Å²) in [6, 6.07) is 0. The van der Waals surface area contributed by atoms with Gasteiger partial charge < -0.3 is 5.11 Å². The first-order valence-electron chi connectivity index (χ1n) is 13.7. The third kappa shape index (κ3) is 5.34. The van der Waals surface area contributed by atoms with Gasteiger partial charge >= 0.3 is 0 Å². The first kappa shape index (κ1) is 27.5. The summed E-state index contributed by atoms with van der Waals surface area (Å²) in [5, 5.41) is 11.3. The molecule has 34 heavy (non-hydrogen) atoms. The van der Waals surface area contributed by atoms with Crippen molar-refractivity contribution in [2.75, 3.05) is 5.88 Å². The van der Waals surface area contributed by atoms with E-state index in [1.54, 1.807) is 12.2 Å². The number of hydrogen-bond donors (Lipinski definition) is 1. The fourth-order valence-corrected chi connectivity index (χ4v) is 8.34. The normalized spacial score (nSPS) is 40.2. The first-order valence-corrected chi connectivity index (χ1v) is 14.2. The minimum absolute atomic E-state index is 0. The number of ketones is 1. The van der Waals surface area contributed by atoms with Crippen LogP contribution in [0.3, 0.4) is 0 Å². The number of hydrogen-bond acceptors (Lipinski definition) is 2. The van der Waals surface area contributed by atoms with Crippen molar-refractivity contribution >= 4 is 17.4 Å². The van der Waals surface area contributed by atoms with Gasteiger partial charge in [-0.1, -0.05) is 82.2 Å². The van der Waals surface area contributed by atoms with E-state index < -0.39 is 0 Å². The summed E-state index contributed by atoms with van der Waals surface area (Å²) in [5.74, 6) is 2.40. The molecule has 0 heterocycles. The number of carbonyl (C=O) groups excluding carboxylic acids is 1. The second-order valence-electron chi connectivity index (χ2n) is 11.8. The maximum atomic E-state index is 11.8. The van der Waals surface area contributed by atoms with Crippen LogP contribution in [-0.4, -0.2) is 22.9 Å². The van der Waals surface area contributed by atoms with Crippen LogP contribution in [0.25, 0.3) is 0 Å². The van der Waals surface area contributed by atoms with Crippen LogP contribution in [-0.2, 0) is 4.79 Å². The highest BCUT2D eigenvalue weighted by atomic mass is 35.5. The predicted molar refractivity (Wildman–Crippen MR) is 147 cm³/mol. The van der Waals surface area contributed by atoms with E-state index in [9.17, 15) is 9.90 Å². The van der Waals surface area contributed by atoms with E-state index in [1.165, 1.54) is 50.5 Å². The minimum atomic E-state index is -0.332. The maximum absolute atomic E-state index is 11.8. The number of allylic oxidation sites excluding steroid dienone is 6. The molecular formula is C31H49ClO2. The van der Waals surface area contributed by atoms with Gasteiger partial charge in [0, 0.05) is 18.6 Å². The molecule has 4 fully saturated rings. The average molecular weight is 489 g/mol. The van der Waals surface area contributed by atoms with Gasteiger partial charge in [-0.2, -0.15) is 0 Å². The number of rotatable bonds is 2. The Bertz CT molecular complexity index is 801. The molecule has 0 aliphatic heterocycles. The molecule has 4 saturated carbocycles. The molecule has 0 radical (unpaired) electrons. The lowest BCUT2D eigenvalue weighted by Gasteiger charge is -2.59. The Morgan fingerprint density at radius 1 is 1.18 bits per heavy atom. The highest BCUT2D eigenvalue weighted by molar-refractivity contribution is 6.19. The molecule has 0 saturated heterocycles. The van der Waals surface area contributed by atoms with E-state index in [0.29, 0.717) is 23.6 Å². The molecule has 1 N–H and O–H groups in total. The predicted octanol–water partition coefficient (Wildman–Crippen LogP) is 8.46. The molecule has 0 aromatic heterocycles. The van der Waals surface area contributed by atoms with Crippen LogP contribution < -0.4 is 0 Å². The number of halogens is 1. The van der Waals surface area contributed by atoms with Gasteiger partial charge in [-0.05, 0) is 74.3 Å². The average Bonchev–Trinajstić information content (AvgIpc) is 3.17. The Hall–Kier alpha value is -1.12. The molecule has 7 unspecified atom stereocenters. The van der Waals surface area contributed by atoms with Gasteiger partial charge in [-0.15, -0.1) is 18.2 Å². The van der Waals surface area contributed by atoms with E-state index in [4.69, 9.17) is 11.6 Å². The molecule has 2 nitrogen and oxygen atoms in total. The molecule has 5 aliphatic rings. The summed E-state index contributed by atoms with van der Waals surface area (Å²) in [6.45, 7) is 14.1. The van der Waals surface area contributed by atoms with Crippen LogP contribution in [0, 0.1) is 34.5 Å². The second-order valence-corrected chi connectivity index (χ2v) is 12.0. The molecule has 192 valence electrons. The number of aliphatic hydroxyl groups excluding tert-OH is 1. The largest absolute Gasteiger partial charge is 0.393 e. The molecule has 0 aromatic rings. The third-order valence-corrected chi connectivity index (χ3v) is 10.0. The SMILES string of the molecule is C1CCCCC1.C=C(CCl)C1CCC2C3CCC4=CC(=O)C=CC4(C)C3C(O)CC12C.C=CC.[HH]. The van der Waals surface area contributed by atoms with Crippen molar-refractivity contribution in [1.29, 1.82) is 0 Å². The quantitative estimate of drug-likeness (QED) is 0.312. The van der Waals surface area contributed by atoms with E-state index in [-0.39, 0.29) is 30.1 Å². The van der Waals surface area contributed by atoms with E-state index in [2.05, 4.69) is 33.1 Å². The Balaban J connectivity index is 0.000000368. The number of aliphatic hydroxyl groups is 1. The molecular weight excluding hydrogens is 440 g/mol. The van der Waals surface area contributed by atoms with Crippen molar-refractivity contribution in [2.24, 2.45) is 34.5 Å². The van der Waals surface area contributed by atoms with Gasteiger partial charge in [0.15, 0.2) is 5.78 Å². The standard InChI is InChI=1S/C22H29ClO2.C6H12.C3H6.H2/c1-13(12-23)17-6-7-18-16-5-4-14-10-15(24)8-9-21(14,2)20(16)19(25)11-22(17,18)3;1-2-4-6-5-3-1;1-3-2;/h8-10,16-20,25H,1,4-7,11-12H2,2-3H3;1-6H2;3H,1H2,2H3;1H. The number of fused-ring (bicyclic) bond motifs is 5. The monoisotopic (exact) mass is 488 g/mol. The smallest absolute Gasteiger partial charge is 0.178 e. The van der Waals surface area contributed by atoms with Crippen molar-refractivity contribution in [1.82, 2.24) is 0 Å². The summed E-state index contributed by atoms with van der Waals surface area (Å²) in [6.07, 6.45) is 21.3. The van der Waals surface area contributed by atoms with Crippen LogP contribution in [0.4, 0.5) is 0 Å². The molecule has 0 spiro atoms. The fraction of sp³-hybridized carbons (Fsp3) is 0.710. The maximum Gasteiger partial charge on any atom is 0.178 e. The van der Waals surface area contributed by atoms with E-state index in [1.807, 2.05) is 13.0 Å². The number of alkyl halides is 1. The Kier molecular flexibility index (Phi) is 9.49. The lowest BCUT2D eigenvalue weighted by molar-refractivity contribution is -0.116. The summed E-state index contributed by atoms with van der Waals surface area (Å²) >= 11 is 6.12. The van der Waals surface area contributed by atoms with Gasteiger partial charge in [0.05, 0.1) is 6.10 Å². The van der Waals surface area contributed by atoms with Gasteiger partial charge in [-0.25, -0.2) is 0 Å². The Labute approximate surface area is 215 Å². The fourth-order valence-electron chi connectivity index (χ4n) is 8.15. The molecule has 0 amide bonds. The van der Waals surface area contributed by atoms with Crippen LogP contribution >= 0.6 is 11.6 Å². The van der Waals surface area contributed by atoms with Crippen LogP contribution in [0.15, 0.2) is 48.6 Å². The lowest BCUT2D eigenvalue weighted by Crippen LogP contribution is -2.56. The van der Waals surface area contributed by atoms with Crippen LogP contribution in [0.2, 0.25) is 0 Å². The third-order valence-electron chi connectivity index (χ3n) is 9.66. The Morgan fingerprint density at radius 2 is 1.76 bits per heavy atom. The van der Waals surface area contributed by atoms with Gasteiger partial charge in [0.1, 0.15) is 0 Å². The van der Waals surface area contributed by atoms with Crippen molar-refractivity contribution in [2.45, 2.75) is 97.5 Å². The van der Waals surface area contributed by atoms with Crippen molar-refractivity contribution < 1.29 is 11.3 Å². The highest BCUT2D eigenvalue weighted by Crippen LogP contribution is 2.66. The summed E-state index contributed by atoms with van der Waals surface area (Å²) in [5.41, 5.74) is 2.31. The van der Waals surface area contributed by atoms with Gasteiger partial charge in [0.2, 0.25) is 0 Å². The van der Waals surface area contributed by atoms with Crippen molar-refractivity contribution in [3.63, 3.8) is 0 Å². The molecule has 0 bridgehead atoms. The second kappa shape index (κ2) is 11.7. The molecule has 7 atom stereocenters. The summed E-state index contributed by atoms with van der Waals surface area (Å²) in [4.78, 5) is 11.8. The lowest BCUT2D eigenvalue weighted by atomic mass is 9.46. The van der Waals surface area contributed by atoms with E-state index >= 15 is 0 Å². The van der Waals surface area contributed by atoms with Crippen LogP contribution in [0.1, 0.15) is 92.8 Å². The van der Waals surface area contributed by atoms with Crippen molar-refractivity contribution in [3.05, 3.63) is 48.6 Å². The topological polar surface area (TPSA) is 37.3 Å². The van der Waals surface area contributed by atoms with Gasteiger partial charge in [0.25, 0.3) is 0 Å². The first-order chi connectivity index (χ1) is 16.2.